The van der Waals surface area contributed by atoms with E-state index in [9.17, 15) is 13.2 Å². The van der Waals surface area contributed by atoms with Gasteiger partial charge in [-0.3, -0.25) is 4.79 Å². The number of aryl methyl sites for hydroxylation is 2. The number of ether oxygens (including phenoxy) is 1. The van der Waals surface area contributed by atoms with Gasteiger partial charge < -0.3 is 19.5 Å². The second-order valence-corrected chi connectivity index (χ2v) is 11.9. The van der Waals surface area contributed by atoms with Gasteiger partial charge in [0.05, 0.1) is 48.0 Å². The Hall–Kier alpha value is -3.83. The molecule has 2 aromatic carbocycles. The fourth-order valence-electron chi connectivity index (χ4n) is 5.19. The van der Waals surface area contributed by atoms with Crippen LogP contribution in [0.4, 0.5) is 5.82 Å². The van der Waals surface area contributed by atoms with Crippen molar-refractivity contribution in [2.24, 2.45) is 0 Å². The predicted molar refractivity (Wildman–Crippen MR) is 142 cm³/mol. The first kappa shape index (κ1) is 24.5. The standard InChI is InChI=1S/C27H27N5O5S/c1-16-24(17(2)37-31-16)19-8-9-22-21(12-19)26(30-25(29-22)27(33)28-20-14-38(34,35)15-20)32-10-11-36-13-23(32)18-6-4-3-5-7-18/h3-9,12,20,23H,10-11,13-15H2,1-2H3,(H,28,33). The lowest BCUT2D eigenvalue weighted by atomic mass is 10.0. The van der Waals surface area contributed by atoms with Crippen molar-refractivity contribution in [3.05, 3.63) is 71.4 Å². The number of carbonyl (C=O) groups is 1. The molecule has 4 heterocycles. The third-order valence-electron chi connectivity index (χ3n) is 7.03. The van der Waals surface area contributed by atoms with Gasteiger partial charge in [-0.05, 0) is 37.1 Å². The van der Waals surface area contributed by atoms with Crippen molar-refractivity contribution in [1.29, 1.82) is 0 Å². The molecule has 2 saturated heterocycles. The van der Waals surface area contributed by atoms with Gasteiger partial charge in [-0.2, -0.15) is 0 Å². The first-order valence-corrected chi connectivity index (χ1v) is 14.3. The summed E-state index contributed by atoms with van der Waals surface area (Å²) >= 11 is 0. The molecule has 0 spiro atoms. The van der Waals surface area contributed by atoms with Crippen molar-refractivity contribution in [3.8, 4) is 11.1 Å². The number of hydrogen-bond donors (Lipinski definition) is 1. The molecule has 0 aliphatic carbocycles. The summed E-state index contributed by atoms with van der Waals surface area (Å²) in [6.07, 6.45) is 0. The molecule has 11 heteroatoms. The number of sulfone groups is 1. The monoisotopic (exact) mass is 533 g/mol. The van der Waals surface area contributed by atoms with Crippen LogP contribution in [0.2, 0.25) is 0 Å². The zero-order valence-corrected chi connectivity index (χ0v) is 21.9. The smallest absolute Gasteiger partial charge is 0.289 e. The molecule has 0 bridgehead atoms. The third-order valence-corrected chi connectivity index (χ3v) is 8.85. The Bertz CT molecular complexity index is 1610. The Morgan fingerprint density at radius 3 is 2.58 bits per heavy atom. The van der Waals surface area contributed by atoms with Crippen molar-refractivity contribution in [2.45, 2.75) is 25.9 Å². The molecule has 0 radical (unpaired) electrons. The van der Waals surface area contributed by atoms with Crippen molar-refractivity contribution in [2.75, 3.05) is 36.2 Å². The number of amides is 1. The topological polar surface area (TPSA) is 128 Å². The van der Waals surface area contributed by atoms with Gasteiger partial charge in [0.2, 0.25) is 5.82 Å². The Kier molecular flexibility index (Phi) is 6.11. The maximum absolute atomic E-state index is 13.1. The van der Waals surface area contributed by atoms with E-state index in [0.717, 1.165) is 27.8 Å². The molecule has 1 amide bonds. The van der Waals surface area contributed by atoms with Crippen molar-refractivity contribution >= 4 is 32.5 Å². The van der Waals surface area contributed by atoms with Gasteiger partial charge >= 0.3 is 0 Å². The van der Waals surface area contributed by atoms with Crippen molar-refractivity contribution in [1.82, 2.24) is 20.4 Å². The van der Waals surface area contributed by atoms with Crippen molar-refractivity contribution in [3.63, 3.8) is 0 Å². The number of nitrogens with zero attached hydrogens (tertiary/aromatic N) is 4. The lowest BCUT2D eigenvalue weighted by Crippen LogP contribution is -2.53. The number of morpholine rings is 1. The Morgan fingerprint density at radius 2 is 1.87 bits per heavy atom. The zero-order chi connectivity index (χ0) is 26.4. The molecule has 2 aliphatic heterocycles. The van der Waals surface area contributed by atoms with Crippen LogP contribution < -0.4 is 10.2 Å². The number of fused-ring (bicyclic) bond motifs is 1. The van der Waals surface area contributed by atoms with Crippen molar-refractivity contribution < 1.29 is 22.5 Å². The second kappa shape index (κ2) is 9.48. The summed E-state index contributed by atoms with van der Waals surface area (Å²) < 4.78 is 34.4. The van der Waals surface area contributed by atoms with Crippen LogP contribution in [0.15, 0.2) is 53.1 Å². The molecule has 10 nitrogen and oxygen atoms in total. The Morgan fingerprint density at radius 1 is 1.08 bits per heavy atom. The van der Waals surface area contributed by atoms with E-state index in [2.05, 4.69) is 32.5 Å². The molecule has 2 aliphatic rings. The van der Waals surface area contributed by atoms with E-state index in [4.69, 9.17) is 14.2 Å². The lowest BCUT2D eigenvalue weighted by molar-refractivity contribution is 0.0925. The van der Waals surface area contributed by atoms with Gasteiger partial charge in [0, 0.05) is 17.5 Å². The van der Waals surface area contributed by atoms with Gasteiger partial charge in [-0.1, -0.05) is 41.6 Å². The van der Waals surface area contributed by atoms with Crippen LogP contribution in [0.1, 0.15) is 33.7 Å². The minimum absolute atomic E-state index is 0.000176. The molecule has 6 rings (SSSR count). The molecule has 38 heavy (non-hydrogen) atoms. The van der Waals surface area contributed by atoms with Crippen LogP contribution >= 0.6 is 0 Å². The molecular formula is C27H27N5O5S. The van der Waals surface area contributed by atoms with E-state index < -0.39 is 21.8 Å². The van der Waals surface area contributed by atoms with Gasteiger partial charge in [0.1, 0.15) is 11.6 Å². The summed E-state index contributed by atoms with van der Waals surface area (Å²) in [6.45, 7) is 5.33. The SMILES string of the molecule is Cc1noc(C)c1-c1ccc2nc(C(=O)NC3CS(=O)(=O)C3)nc(N3CCOCC3c3ccccc3)c2c1. The highest BCUT2D eigenvalue weighted by Crippen LogP contribution is 2.36. The van der Waals surface area contributed by atoms with Gasteiger partial charge in [0.15, 0.2) is 9.84 Å². The molecule has 1 atom stereocenters. The van der Waals surface area contributed by atoms with E-state index in [-0.39, 0.29) is 23.4 Å². The molecule has 2 aromatic heterocycles. The highest BCUT2D eigenvalue weighted by molar-refractivity contribution is 7.92. The number of rotatable bonds is 5. The molecule has 1 unspecified atom stereocenters. The first-order chi connectivity index (χ1) is 18.3. The average molecular weight is 534 g/mol. The van der Waals surface area contributed by atoms with Crippen LogP contribution in [0.3, 0.4) is 0 Å². The van der Waals surface area contributed by atoms with Crippen LogP contribution in [-0.4, -0.2) is 66.8 Å². The fraction of sp³-hybridized carbons (Fsp3) is 0.333. The Labute approximate surface area is 219 Å². The molecular weight excluding hydrogens is 506 g/mol. The number of benzene rings is 2. The van der Waals surface area contributed by atoms with Gasteiger partial charge in [0.25, 0.3) is 5.91 Å². The molecule has 1 N–H and O–H groups in total. The van der Waals surface area contributed by atoms with Gasteiger partial charge in [-0.15, -0.1) is 0 Å². The normalized spacial score (nSPS) is 19.3. The molecule has 196 valence electrons. The predicted octanol–water partition coefficient (Wildman–Crippen LogP) is 3.01. The first-order valence-electron chi connectivity index (χ1n) is 12.4. The van der Waals surface area contributed by atoms with Crippen LogP contribution in [-0.2, 0) is 14.6 Å². The fourth-order valence-corrected chi connectivity index (χ4v) is 6.48. The quantitative estimate of drug-likeness (QED) is 0.412. The van der Waals surface area contributed by atoms with E-state index in [0.29, 0.717) is 36.9 Å². The summed E-state index contributed by atoms with van der Waals surface area (Å²) in [4.78, 5) is 24.6. The highest BCUT2D eigenvalue weighted by atomic mass is 32.2. The molecule has 4 aromatic rings. The number of anilines is 1. The number of carbonyl (C=O) groups excluding carboxylic acids is 1. The summed E-state index contributed by atoms with van der Waals surface area (Å²) in [7, 11) is -3.08. The maximum atomic E-state index is 13.1. The lowest BCUT2D eigenvalue weighted by Gasteiger charge is -2.37. The van der Waals surface area contributed by atoms with E-state index in [1.54, 1.807) is 0 Å². The molecule has 2 fully saturated rings. The Balaban J connectivity index is 1.47. The van der Waals surface area contributed by atoms with Crippen LogP contribution in [0, 0.1) is 13.8 Å². The third kappa shape index (κ3) is 4.52. The minimum atomic E-state index is -3.08. The van der Waals surface area contributed by atoms with Gasteiger partial charge in [-0.25, -0.2) is 18.4 Å². The number of aromatic nitrogens is 3. The summed E-state index contributed by atoms with van der Waals surface area (Å²) in [5.41, 5.74) is 4.29. The highest BCUT2D eigenvalue weighted by Gasteiger charge is 2.35. The summed E-state index contributed by atoms with van der Waals surface area (Å²) in [5, 5.41) is 7.65. The minimum Gasteiger partial charge on any atom is -0.377 e. The summed E-state index contributed by atoms with van der Waals surface area (Å²) in [5.74, 6) is 0.697. The summed E-state index contributed by atoms with van der Waals surface area (Å²) in [6, 6.07) is 15.3. The molecule has 0 saturated carbocycles. The number of nitrogens with one attached hydrogen (secondary N) is 1. The van der Waals surface area contributed by atoms with E-state index >= 15 is 0 Å². The zero-order valence-electron chi connectivity index (χ0n) is 21.0. The average Bonchev–Trinajstić information content (AvgIpc) is 3.24. The van der Waals surface area contributed by atoms with E-state index in [1.807, 2.05) is 50.2 Å². The van der Waals surface area contributed by atoms with E-state index in [1.165, 1.54) is 0 Å². The number of hydrogen-bond acceptors (Lipinski definition) is 9. The second-order valence-electron chi connectivity index (χ2n) is 9.74. The maximum Gasteiger partial charge on any atom is 0.289 e. The van der Waals surface area contributed by atoms with Crippen LogP contribution in [0.5, 0.6) is 0 Å². The van der Waals surface area contributed by atoms with Crippen LogP contribution in [0.25, 0.3) is 22.0 Å². The largest absolute Gasteiger partial charge is 0.377 e.